The lowest BCUT2D eigenvalue weighted by Crippen LogP contribution is -2.57. The van der Waals surface area contributed by atoms with E-state index in [0.29, 0.717) is 12.4 Å². The lowest BCUT2D eigenvalue weighted by atomic mass is 10.0. The predicted octanol–water partition coefficient (Wildman–Crippen LogP) is 0.653. The number of aromatic nitrogens is 2. The number of hydrogen-bond acceptors (Lipinski definition) is 6. The van der Waals surface area contributed by atoms with Gasteiger partial charge in [0.1, 0.15) is 12.1 Å². The molecular formula is C14H25N5O. The van der Waals surface area contributed by atoms with Crippen LogP contribution in [0, 0.1) is 6.92 Å². The molecule has 1 aromatic heterocycles. The first-order chi connectivity index (χ1) is 9.49. The summed E-state index contributed by atoms with van der Waals surface area (Å²) in [5.41, 5.74) is 6.91. The van der Waals surface area contributed by atoms with Gasteiger partial charge < -0.3 is 15.4 Å². The van der Waals surface area contributed by atoms with Crippen molar-refractivity contribution in [2.24, 2.45) is 5.73 Å². The highest BCUT2D eigenvalue weighted by Gasteiger charge is 2.29. The van der Waals surface area contributed by atoms with Crippen molar-refractivity contribution in [1.82, 2.24) is 14.9 Å². The van der Waals surface area contributed by atoms with Gasteiger partial charge >= 0.3 is 0 Å². The molecule has 6 heteroatoms. The average Bonchev–Trinajstić information content (AvgIpc) is 2.47. The molecule has 1 aromatic rings. The second-order valence-electron chi connectivity index (χ2n) is 5.82. The highest BCUT2D eigenvalue weighted by molar-refractivity contribution is 5.50. The molecular weight excluding hydrogens is 254 g/mol. The van der Waals surface area contributed by atoms with Gasteiger partial charge in [0.2, 0.25) is 5.88 Å². The summed E-state index contributed by atoms with van der Waals surface area (Å²) >= 11 is 0. The molecule has 1 aliphatic rings. The van der Waals surface area contributed by atoms with E-state index in [1.165, 1.54) is 0 Å². The van der Waals surface area contributed by atoms with Crippen LogP contribution in [0.5, 0.6) is 5.88 Å². The zero-order valence-electron chi connectivity index (χ0n) is 12.9. The van der Waals surface area contributed by atoms with Crippen molar-refractivity contribution in [2.75, 3.05) is 44.7 Å². The van der Waals surface area contributed by atoms with Gasteiger partial charge in [-0.25, -0.2) is 9.97 Å². The molecule has 0 radical (unpaired) electrons. The van der Waals surface area contributed by atoms with E-state index >= 15 is 0 Å². The molecule has 1 aliphatic heterocycles. The first-order valence-corrected chi connectivity index (χ1v) is 7.05. The molecule has 1 saturated heterocycles. The molecule has 2 N–H and O–H groups in total. The standard InChI is InChI=1S/C14H25N5O/c1-11-12(16-10-17-13(11)20-4)18-5-7-19(8-6-18)14(2,3)9-15/h10H,5-9,15H2,1-4H3. The summed E-state index contributed by atoms with van der Waals surface area (Å²) in [6.07, 6.45) is 1.57. The largest absolute Gasteiger partial charge is 0.481 e. The Kier molecular flexibility index (Phi) is 4.45. The lowest BCUT2D eigenvalue weighted by Gasteiger charge is -2.44. The highest BCUT2D eigenvalue weighted by Crippen LogP contribution is 2.25. The Hall–Kier alpha value is -1.40. The van der Waals surface area contributed by atoms with Crippen LogP contribution in [0.3, 0.4) is 0 Å². The summed E-state index contributed by atoms with van der Waals surface area (Å²) in [5, 5.41) is 0. The number of anilines is 1. The Labute approximate surface area is 120 Å². The second-order valence-corrected chi connectivity index (χ2v) is 5.82. The molecule has 0 unspecified atom stereocenters. The highest BCUT2D eigenvalue weighted by atomic mass is 16.5. The van der Waals surface area contributed by atoms with Gasteiger partial charge in [0.05, 0.1) is 12.7 Å². The number of rotatable bonds is 4. The van der Waals surface area contributed by atoms with Crippen LogP contribution in [-0.4, -0.2) is 60.2 Å². The van der Waals surface area contributed by atoms with Crippen LogP contribution in [-0.2, 0) is 0 Å². The van der Waals surface area contributed by atoms with Crippen molar-refractivity contribution in [3.63, 3.8) is 0 Å². The molecule has 1 fully saturated rings. The van der Waals surface area contributed by atoms with Crippen LogP contribution < -0.4 is 15.4 Å². The van der Waals surface area contributed by atoms with Crippen molar-refractivity contribution in [3.05, 3.63) is 11.9 Å². The molecule has 112 valence electrons. The molecule has 0 saturated carbocycles. The zero-order chi connectivity index (χ0) is 14.8. The van der Waals surface area contributed by atoms with Crippen LogP contribution in [0.1, 0.15) is 19.4 Å². The molecule has 0 amide bonds. The second kappa shape index (κ2) is 5.93. The van der Waals surface area contributed by atoms with Crippen molar-refractivity contribution in [3.8, 4) is 5.88 Å². The van der Waals surface area contributed by atoms with Crippen LogP contribution in [0.4, 0.5) is 5.82 Å². The summed E-state index contributed by atoms with van der Waals surface area (Å²) in [4.78, 5) is 13.3. The first-order valence-electron chi connectivity index (χ1n) is 7.05. The number of piperazine rings is 1. The summed E-state index contributed by atoms with van der Waals surface area (Å²) in [7, 11) is 1.64. The maximum Gasteiger partial charge on any atom is 0.221 e. The van der Waals surface area contributed by atoms with Crippen molar-refractivity contribution in [2.45, 2.75) is 26.3 Å². The van der Waals surface area contributed by atoms with Gasteiger partial charge in [0.15, 0.2) is 0 Å². The van der Waals surface area contributed by atoms with Gasteiger partial charge in [-0.3, -0.25) is 4.90 Å². The van der Waals surface area contributed by atoms with Crippen LogP contribution >= 0.6 is 0 Å². The maximum atomic E-state index is 5.85. The fourth-order valence-electron chi connectivity index (χ4n) is 2.60. The Balaban J connectivity index is 2.08. The number of hydrogen-bond donors (Lipinski definition) is 1. The van der Waals surface area contributed by atoms with Crippen LogP contribution in [0.2, 0.25) is 0 Å². The van der Waals surface area contributed by atoms with E-state index < -0.39 is 0 Å². The summed E-state index contributed by atoms with van der Waals surface area (Å²) in [6, 6.07) is 0. The molecule has 2 rings (SSSR count). The third-order valence-corrected chi connectivity index (χ3v) is 4.14. The van der Waals surface area contributed by atoms with E-state index in [9.17, 15) is 0 Å². The third-order valence-electron chi connectivity index (χ3n) is 4.14. The minimum Gasteiger partial charge on any atom is -0.481 e. The van der Waals surface area contributed by atoms with Gasteiger partial charge in [0, 0.05) is 38.3 Å². The molecule has 0 aromatic carbocycles. The van der Waals surface area contributed by atoms with E-state index in [-0.39, 0.29) is 5.54 Å². The quantitative estimate of drug-likeness (QED) is 0.873. The molecule has 2 heterocycles. The van der Waals surface area contributed by atoms with E-state index in [1.807, 2.05) is 6.92 Å². The van der Waals surface area contributed by atoms with Crippen LogP contribution in [0.25, 0.3) is 0 Å². The predicted molar refractivity (Wildman–Crippen MR) is 80.2 cm³/mol. The van der Waals surface area contributed by atoms with Gasteiger partial charge in [-0.15, -0.1) is 0 Å². The normalized spacial score (nSPS) is 17.4. The number of nitrogens with two attached hydrogens (primary N) is 1. The van der Waals surface area contributed by atoms with E-state index in [2.05, 4.69) is 33.6 Å². The summed E-state index contributed by atoms with van der Waals surface area (Å²) in [6.45, 7) is 11.0. The average molecular weight is 279 g/mol. The number of nitrogens with zero attached hydrogens (tertiary/aromatic N) is 4. The molecule has 6 nitrogen and oxygen atoms in total. The minimum atomic E-state index is 0.0600. The van der Waals surface area contributed by atoms with E-state index in [4.69, 9.17) is 10.5 Å². The van der Waals surface area contributed by atoms with Gasteiger partial charge in [-0.1, -0.05) is 0 Å². The van der Waals surface area contributed by atoms with Crippen LogP contribution in [0.15, 0.2) is 6.33 Å². The Morgan fingerprint density at radius 1 is 1.25 bits per heavy atom. The molecule has 20 heavy (non-hydrogen) atoms. The molecule has 0 aliphatic carbocycles. The smallest absolute Gasteiger partial charge is 0.221 e. The lowest BCUT2D eigenvalue weighted by molar-refractivity contribution is 0.119. The zero-order valence-corrected chi connectivity index (χ0v) is 12.9. The van der Waals surface area contributed by atoms with Gasteiger partial charge in [0.25, 0.3) is 0 Å². The maximum absolute atomic E-state index is 5.85. The monoisotopic (exact) mass is 279 g/mol. The Bertz CT molecular complexity index is 455. The first kappa shape index (κ1) is 15.0. The van der Waals surface area contributed by atoms with Gasteiger partial charge in [-0.2, -0.15) is 0 Å². The summed E-state index contributed by atoms with van der Waals surface area (Å²) < 4.78 is 5.26. The van der Waals surface area contributed by atoms with E-state index in [1.54, 1.807) is 13.4 Å². The summed E-state index contributed by atoms with van der Waals surface area (Å²) in [5.74, 6) is 1.63. The van der Waals surface area contributed by atoms with E-state index in [0.717, 1.165) is 37.6 Å². The topological polar surface area (TPSA) is 67.5 Å². The number of ether oxygens (including phenoxy) is 1. The fourth-order valence-corrected chi connectivity index (χ4v) is 2.60. The Morgan fingerprint density at radius 2 is 1.90 bits per heavy atom. The van der Waals surface area contributed by atoms with Crippen molar-refractivity contribution >= 4 is 5.82 Å². The van der Waals surface area contributed by atoms with Gasteiger partial charge in [-0.05, 0) is 20.8 Å². The SMILES string of the molecule is COc1ncnc(N2CCN(C(C)(C)CN)CC2)c1C. The fraction of sp³-hybridized carbons (Fsp3) is 0.714. The Morgan fingerprint density at radius 3 is 2.45 bits per heavy atom. The molecule has 0 spiro atoms. The van der Waals surface area contributed by atoms with Crippen molar-refractivity contribution in [1.29, 1.82) is 0 Å². The number of methoxy groups -OCH3 is 1. The molecule has 0 bridgehead atoms. The molecule has 0 atom stereocenters. The third kappa shape index (κ3) is 2.86. The van der Waals surface area contributed by atoms with Crippen molar-refractivity contribution < 1.29 is 4.74 Å². The minimum absolute atomic E-state index is 0.0600.